The molecular weight excluding hydrogens is 358 g/mol. The molecule has 0 bridgehead atoms. The molecular formula is C20H19N5OS. The molecule has 2 heterocycles. The molecule has 0 saturated carbocycles. The first-order valence-corrected chi connectivity index (χ1v) is 9.41. The number of nitrogens with zero attached hydrogens (tertiary/aromatic N) is 4. The van der Waals surface area contributed by atoms with Crippen LogP contribution in [0.15, 0.2) is 70.2 Å². The summed E-state index contributed by atoms with van der Waals surface area (Å²) in [5.74, 6) is 0.834. The quantitative estimate of drug-likeness (QED) is 0.666. The van der Waals surface area contributed by atoms with E-state index < -0.39 is 0 Å². The average Bonchev–Trinajstić information content (AvgIpc) is 3.34. The van der Waals surface area contributed by atoms with Crippen molar-refractivity contribution in [2.75, 3.05) is 24.1 Å². The molecule has 0 atom stereocenters. The van der Waals surface area contributed by atoms with Gasteiger partial charge >= 0.3 is 0 Å². The van der Waals surface area contributed by atoms with Crippen molar-refractivity contribution in [2.45, 2.75) is 6.92 Å². The second kappa shape index (κ2) is 7.59. The van der Waals surface area contributed by atoms with Gasteiger partial charge in [0.05, 0.1) is 30.7 Å². The van der Waals surface area contributed by atoms with Gasteiger partial charge in [-0.1, -0.05) is 18.2 Å². The first-order valence-electron chi connectivity index (χ1n) is 8.53. The van der Waals surface area contributed by atoms with Crippen molar-refractivity contribution in [1.29, 1.82) is 0 Å². The molecule has 1 aromatic heterocycles. The summed E-state index contributed by atoms with van der Waals surface area (Å²) in [6.07, 6.45) is 0. The smallest absolute Gasteiger partial charge is 0.206 e. The van der Waals surface area contributed by atoms with E-state index in [1.165, 1.54) is 0 Å². The van der Waals surface area contributed by atoms with Gasteiger partial charge in [-0.2, -0.15) is 10.2 Å². The minimum atomic E-state index is 0.598. The highest BCUT2D eigenvalue weighted by Crippen LogP contribution is 2.29. The van der Waals surface area contributed by atoms with Crippen LogP contribution in [-0.4, -0.2) is 30.1 Å². The van der Waals surface area contributed by atoms with E-state index in [9.17, 15) is 0 Å². The van der Waals surface area contributed by atoms with Crippen molar-refractivity contribution in [1.82, 2.24) is 4.98 Å². The SMILES string of the molecule is COc1ccc(-c2csc(N3C/C(=N\Nc4ccccc4)C(C)=N3)n2)cc1. The van der Waals surface area contributed by atoms with E-state index in [4.69, 9.17) is 9.72 Å². The Morgan fingerprint density at radius 1 is 1.11 bits per heavy atom. The third-order valence-corrected chi connectivity index (χ3v) is 5.03. The normalized spacial score (nSPS) is 15.1. The molecule has 7 heteroatoms. The van der Waals surface area contributed by atoms with E-state index in [1.807, 2.05) is 71.9 Å². The fourth-order valence-electron chi connectivity index (χ4n) is 2.68. The van der Waals surface area contributed by atoms with Crippen molar-refractivity contribution >= 4 is 33.6 Å². The molecule has 6 nitrogen and oxygen atoms in total. The van der Waals surface area contributed by atoms with Crippen LogP contribution in [0.2, 0.25) is 0 Å². The molecule has 0 spiro atoms. The molecule has 27 heavy (non-hydrogen) atoms. The van der Waals surface area contributed by atoms with E-state index in [2.05, 4.69) is 15.6 Å². The molecule has 3 aromatic rings. The lowest BCUT2D eigenvalue weighted by Gasteiger charge is -2.08. The molecule has 4 rings (SSSR count). The van der Waals surface area contributed by atoms with Crippen molar-refractivity contribution < 1.29 is 4.74 Å². The third kappa shape index (κ3) is 3.83. The van der Waals surface area contributed by atoms with E-state index >= 15 is 0 Å². The van der Waals surface area contributed by atoms with Crippen LogP contribution in [0.3, 0.4) is 0 Å². The highest BCUT2D eigenvalue weighted by atomic mass is 32.1. The molecule has 0 unspecified atom stereocenters. The summed E-state index contributed by atoms with van der Waals surface area (Å²) in [4.78, 5) is 4.73. The Bertz CT molecular complexity index is 979. The Hall–Kier alpha value is -3.19. The maximum atomic E-state index is 5.21. The number of anilines is 2. The van der Waals surface area contributed by atoms with Crippen LogP contribution in [0.25, 0.3) is 11.3 Å². The van der Waals surface area contributed by atoms with E-state index in [0.29, 0.717) is 6.54 Å². The Labute approximate surface area is 161 Å². The number of ether oxygens (including phenoxy) is 1. The molecule has 1 N–H and O–H groups in total. The average molecular weight is 377 g/mol. The predicted molar refractivity (Wildman–Crippen MR) is 112 cm³/mol. The van der Waals surface area contributed by atoms with Crippen LogP contribution >= 0.6 is 11.3 Å². The maximum absolute atomic E-state index is 5.21. The standard InChI is InChI=1S/C20H19N5OS/c1-14-18(23-22-16-6-4-3-5-7-16)12-25(24-14)20-21-19(13-27-20)15-8-10-17(26-2)11-9-15/h3-11,13,22H,12H2,1-2H3/b23-18+. The molecule has 0 aliphatic carbocycles. The number of para-hydroxylation sites is 1. The molecule has 2 aromatic carbocycles. The Morgan fingerprint density at radius 3 is 2.63 bits per heavy atom. The zero-order valence-corrected chi connectivity index (χ0v) is 15.9. The number of rotatable bonds is 5. The lowest BCUT2D eigenvalue weighted by atomic mass is 10.2. The van der Waals surface area contributed by atoms with Crippen LogP contribution in [0.4, 0.5) is 10.8 Å². The molecule has 0 amide bonds. The van der Waals surface area contributed by atoms with Gasteiger partial charge in [0.1, 0.15) is 11.5 Å². The van der Waals surface area contributed by atoms with Gasteiger partial charge in [-0.3, -0.25) is 5.43 Å². The highest BCUT2D eigenvalue weighted by Gasteiger charge is 2.22. The maximum Gasteiger partial charge on any atom is 0.206 e. The molecule has 0 fully saturated rings. The number of thiazole rings is 1. The van der Waals surface area contributed by atoms with Crippen LogP contribution in [-0.2, 0) is 0 Å². The first kappa shape index (κ1) is 17.2. The Balaban J connectivity index is 1.47. The number of hydrazone groups is 2. The van der Waals surface area contributed by atoms with E-state index in [1.54, 1.807) is 18.4 Å². The number of nitrogens with one attached hydrogen (secondary N) is 1. The number of hydrogen-bond acceptors (Lipinski definition) is 7. The van der Waals surface area contributed by atoms with Crippen molar-refractivity contribution in [2.24, 2.45) is 10.2 Å². The van der Waals surface area contributed by atoms with Crippen molar-refractivity contribution in [3.63, 3.8) is 0 Å². The van der Waals surface area contributed by atoms with Gasteiger partial charge in [-0.25, -0.2) is 9.99 Å². The molecule has 136 valence electrons. The van der Waals surface area contributed by atoms with Crippen LogP contribution < -0.4 is 15.2 Å². The van der Waals surface area contributed by atoms with Gasteiger partial charge in [0.15, 0.2) is 0 Å². The molecule has 0 radical (unpaired) electrons. The van der Waals surface area contributed by atoms with Crippen molar-refractivity contribution in [3.8, 4) is 17.0 Å². The molecule has 0 saturated heterocycles. The monoisotopic (exact) mass is 377 g/mol. The second-order valence-corrected chi connectivity index (χ2v) is 6.86. The summed E-state index contributed by atoms with van der Waals surface area (Å²) in [6.45, 7) is 2.56. The Kier molecular flexibility index (Phi) is 4.84. The van der Waals surface area contributed by atoms with E-state index in [0.717, 1.165) is 39.2 Å². The van der Waals surface area contributed by atoms with Gasteiger partial charge in [-0.15, -0.1) is 11.3 Å². The summed E-state index contributed by atoms with van der Waals surface area (Å²) < 4.78 is 5.21. The highest BCUT2D eigenvalue weighted by molar-refractivity contribution is 7.14. The molecule has 1 aliphatic heterocycles. The number of hydrogen-bond donors (Lipinski definition) is 1. The van der Waals surface area contributed by atoms with Crippen LogP contribution in [0.5, 0.6) is 5.75 Å². The fourth-order valence-corrected chi connectivity index (χ4v) is 3.46. The minimum absolute atomic E-state index is 0.598. The minimum Gasteiger partial charge on any atom is -0.497 e. The number of benzene rings is 2. The second-order valence-electron chi connectivity index (χ2n) is 6.02. The zero-order chi connectivity index (χ0) is 18.6. The van der Waals surface area contributed by atoms with Gasteiger partial charge in [-0.05, 0) is 43.3 Å². The van der Waals surface area contributed by atoms with Gasteiger partial charge in [0.25, 0.3) is 0 Å². The van der Waals surface area contributed by atoms with E-state index in [-0.39, 0.29) is 0 Å². The summed E-state index contributed by atoms with van der Waals surface area (Å²) in [6, 6.07) is 17.8. The summed E-state index contributed by atoms with van der Waals surface area (Å²) in [7, 11) is 1.66. The third-order valence-electron chi connectivity index (χ3n) is 4.18. The van der Waals surface area contributed by atoms with Crippen LogP contribution in [0.1, 0.15) is 6.92 Å². The lowest BCUT2D eigenvalue weighted by Crippen LogP contribution is -2.19. The fraction of sp³-hybridized carbons (Fsp3) is 0.150. The van der Waals surface area contributed by atoms with Crippen LogP contribution in [0, 0.1) is 0 Å². The first-order chi connectivity index (χ1) is 13.2. The zero-order valence-electron chi connectivity index (χ0n) is 15.1. The lowest BCUT2D eigenvalue weighted by molar-refractivity contribution is 0.415. The van der Waals surface area contributed by atoms with Gasteiger partial charge < -0.3 is 4.74 Å². The topological polar surface area (TPSA) is 62.1 Å². The van der Waals surface area contributed by atoms with Gasteiger partial charge in [0.2, 0.25) is 5.13 Å². The summed E-state index contributed by atoms with van der Waals surface area (Å²) in [5, 5.41) is 13.9. The number of methoxy groups -OCH3 is 1. The molecule has 1 aliphatic rings. The largest absolute Gasteiger partial charge is 0.497 e. The van der Waals surface area contributed by atoms with Crippen molar-refractivity contribution in [3.05, 3.63) is 60.0 Å². The summed E-state index contributed by atoms with van der Waals surface area (Å²) in [5.41, 5.74) is 7.81. The summed E-state index contributed by atoms with van der Waals surface area (Å²) >= 11 is 1.57. The Morgan fingerprint density at radius 2 is 1.89 bits per heavy atom. The van der Waals surface area contributed by atoms with Gasteiger partial charge in [0, 0.05) is 10.9 Å². The number of aromatic nitrogens is 1. The predicted octanol–water partition coefficient (Wildman–Crippen LogP) is 4.48.